The molecule has 1 heterocycles. The zero-order valence-electron chi connectivity index (χ0n) is 23.3. The van der Waals surface area contributed by atoms with Crippen LogP contribution >= 0.6 is 11.8 Å². The first-order valence-electron chi connectivity index (χ1n) is 13.9. The van der Waals surface area contributed by atoms with Gasteiger partial charge in [0.05, 0.1) is 12.3 Å². The minimum absolute atomic E-state index is 0.0625. The number of carbonyl (C=O) groups is 5. The number of carboxylic acid groups (broad SMARTS) is 1. The summed E-state index contributed by atoms with van der Waals surface area (Å²) in [5.74, 6) is -1.43. The van der Waals surface area contributed by atoms with Crippen LogP contribution in [0.25, 0.3) is 0 Å². The zero-order valence-corrected chi connectivity index (χ0v) is 24.1. The van der Waals surface area contributed by atoms with Crippen molar-refractivity contribution in [1.29, 1.82) is 0 Å². The first kappa shape index (κ1) is 32.9. The number of rotatable bonds is 17. The van der Waals surface area contributed by atoms with Gasteiger partial charge in [0, 0.05) is 19.4 Å². The molecule has 2 rings (SSSR count). The molecule has 1 fully saturated rings. The number of likely N-dealkylation sites (tertiary alicyclic amines) is 1. The van der Waals surface area contributed by atoms with Crippen molar-refractivity contribution in [3.63, 3.8) is 0 Å². The Morgan fingerprint density at radius 2 is 1.73 bits per heavy atom. The van der Waals surface area contributed by atoms with Crippen molar-refractivity contribution >= 4 is 41.4 Å². The van der Waals surface area contributed by atoms with E-state index >= 15 is 0 Å². The van der Waals surface area contributed by atoms with Gasteiger partial charge in [-0.15, -0.1) is 11.8 Å². The van der Waals surface area contributed by atoms with Crippen molar-refractivity contribution in [1.82, 2.24) is 20.9 Å². The topological polar surface area (TPSA) is 165 Å². The lowest BCUT2D eigenvalue weighted by Gasteiger charge is -2.27. The zero-order chi connectivity index (χ0) is 29.5. The number of hydrogen-bond acceptors (Lipinski definition) is 7. The number of nitrogens with zero attached hydrogens (tertiary/aromatic N) is 1. The maximum absolute atomic E-state index is 13.5. The van der Waals surface area contributed by atoms with Crippen LogP contribution in [0.1, 0.15) is 70.8 Å². The molecule has 0 aliphatic carbocycles. The maximum Gasteiger partial charge on any atom is 0.303 e. The van der Waals surface area contributed by atoms with E-state index in [-0.39, 0.29) is 30.9 Å². The van der Waals surface area contributed by atoms with Gasteiger partial charge in [-0.05, 0) is 49.1 Å². The molecule has 12 heteroatoms. The molecule has 1 aliphatic rings. The molecule has 2 unspecified atom stereocenters. The molecule has 0 saturated carbocycles. The molecule has 222 valence electrons. The number of amides is 4. The molecule has 3 atom stereocenters. The predicted octanol–water partition coefficient (Wildman–Crippen LogP) is 2.17. The van der Waals surface area contributed by atoms with E-state index in [1.165, 1.54) is 17.0 Å². The van der Waals surface area contributed by atoms with E-state index in [9.17, 15) is 29.1 Å². The van der Waals surface area contributed by atoms with Gasteiger partial charge >= 0.3 is 5.97 Å². The third-order valence-electron chi connectivity index (χ3n) is 6.61. The Kier molecular flexibility index (Phi) is 14.3. The van der Waals surface area contributed by atoms with Crippen molar-refractivity contribution < 1.29 is 34.2 Å². The number of nitrogens with one attached hydrogen (secondary N) is 3. The number of carbonyl (C=O) groups excluding carboxylic acids is 4. The first-order chi connectivity index (χ1) is 19.2. The number of aliphatic carboxylic acids is 1. The van der Waals surface area contributed by atoms with E-state index in [4.69, 9.17) is 5.11 Å². The fraction of sp³-hybridized carbons (Fsp3) is 0.607. The number of phenols is 1. The number of carboxylic acids is 1. The summed E-state index contributed by atoms with van der Waals surface area (Å²) in [6, 6.07) is 3.63. The van der Waals surface area contributed by atoms with Crippen LogP contribution in [0.15, 0.2) is 24.3 Å². The van der Waals surface area contributed by atoms with Gasteiger partial charge < -0.3 is 31.1 Å². The molecular formula is C28H42N4O7S. The average Bonchev–Trinajstić information content (AvgIpc) is 3.43. The molecule has 1 saturated heterocycles. The third kappa shape index (κ3) is 11.1. The summed E-state index contributed by atoms with van der Waals surface area (Å²) >= 11 is 1.59. The van der Waals surface area contributed by atoms with Crippen LogP contribution in [0.2, 0.25) is 0 Å². The maximum atomic E-state index is 13.5. The van der Waals surface area contributed by atoms with E-state index in [0.717, 1.165) is 25.0 Å². The smallest absolute Gasteiger partial charge is 0.303 e. The van der Waals surface area contributed by atoms with Crippen LogP contribution in [0, 0.1) is 0 Å². The van der Waals surface area contributed by atoms with Crippen molar-refractivity contribution in [3.05, 3.63) is 29.8 Å². The Labute approximate surface area is 239 Å². The van der Waals surface area contributed by atoms with Gasteiger partial charge in [-0.25, -0.2) is 0 Å². The molecule has 1 aliphatic heterocycles. The molecule has 4 amide bonds. The number of hydrogen-bond donors (Lipinski definition) is 5. The minimum Gasteiger partial charge on any atom is -0.508 e. The van der Waals surface area contributed by atoms with Crippen molar-refractivity contribution in [2.24, 2.45) is 0 Å². The molecule has 11 nitrogen and oxygen atoms in total. The summed E-state index contributed by atoms with van der Waals surface area (Å²) in [7, 11) is 0. The fourth-order valence-electron chi connectivity index (χ4n) is 4.45. The SMILES string of the molecule is CCCC[C@H](NC(=O)C(Cc1ccc(O)cc1)NC(=O)C1CCCN1C(=O)CCC(=O)O)C(=O)NCSCCC. The van der Waals surface area contributed by atoms with Crippen molar-refractivity contribution in [3.8, 4) is 5.75 Å². The molecule has 1 aromatic carbocycles. The first-order valence-corrected chi connectivity index (χ1v) is 15.1. The molecule has 5 N–H and O–H groups in total. The largest absolute Gasteiger partial charge is 0.508 e. The normalized spacial score (nSPS) is 16.1. The highest BCUT2D eigenvalue weighted by molar-refractivity contribution is 7.99. The summed E-state index contributed by atoms with van der Waals surface area (Å²) in [4.78, 5) is 64.6. The quantitative estimate of drug-likeness (QED) is 0.139. The van der Waals surface area contributed by atoms with E-state index in [1.807, 2.05) is 6.92 Å². The molecule has 40 heavy (non-hydrogen) atoms. The average molecular weight is 579 g/mol. The summed E-state index contributed by atoms with van der Waals surface area (Å²) in [6.45, 7) is 4.38. The lowest BCUT2D eigenvalue weighted by atomic mass is 10.0. The van der Waals surface area contributed by atoms with E-state index in [1.54, 1.807) is 23.9 Å². The number of benzene rings is 1. The number of aromatic hydroxyl groups is 1. The Morgan fingerprint density at radius 1 is 1.00 bits per heavy atom. The van der Waals surface area contributed by atoms with E-state index < -0.39 is 41.8 Å². The second-order valence-corrected chi connectivity index (χ2v) is 11.0. The minimum atomic E-state index is -1.09. The standard InChI is InChI=1S/C28H42N4O7S/c1-3-5-7-21(26(37)29-18-40-16-4-2)30-27(38)22(17-19-9-11-20(33)12-10-19)31-28(39)23-8-6-15-32(23)24(34)13-14-25(35)36/h9-12,21-23,33H,3-8,13-18H2,1-2H3,(H,29,37)(H,30,38)(H,31,39)(H,35,36)/t21-,22?,23?/m0/s1. The lowest BCUT2D eigenvalue weighted by molar-refractivity contribution is -0.143. The lowest BCUT2D eigenvalue weighted by Crippen LogP contribution is -2.57. The van der Waals surface area contributed by atoms with Gasteiger partial charge in [0.25, 0.3) is 0 Å². The molecule has 0 radical (unpaired) electrons. The summed E-state index contributed by atoms with van der Waals surface area (Å²) in [5, 5.41) is 27.0. The van der Waals surface area contributed by atoms with Crippen LogP contribution in [0.3, 0.4) is 0 Å². The molecule has 0 spiro atoms. The fourth-order valence-corrected chi connectivity index (χ4v) is 5.13. The van der Waals surface area contributed by atoms with Crippen LogP contribution < -0.4 is 16.0 Å². The molecule has 0 bridgehead atoms. The highest BCUT2D eigenvalue weighted by atomic mass is 32.2. The molecular weight excluding hydrogens is 536 g/mol. The van der Waals surface area contributed by atoms with E-state index in [2.05, 4.69) is 22.9 Å². The predicted molar refractivity (Wildman–Crippen MR) is 153 cm³/mol. The second kappa shape index (κ2) is 17.4. The highest BCUT2D eigenvalue weighted by Crippen LogP contribution is 2.20. The van der Waals surface area contributed by atoms with E-state index in [0.29, 0.717) is 37.2 Å². The third-order valence-corrected chi connectivity index (χ3v) is 7.66. The number of thioether (sulfide) groups is 1. The van der Waals surface area contributed by atoms with Gasteiger partial charge in [-0.2, -0.15) is 0 Å². The highest BCUT2D eigenvalue weighted by Gasteiger charge is 2.36. The van der Waals surface area contributed by atoms with Crippen molar-refractivity contribution in [2.45, 2.75) is 89.8 Å². The van der Waals surface area contributed by atoms with Gasteiger partial charge in [-0.3, -0.25) is 24.0 Å². The van der Waals surface area contributed by atoms with Gasteiger partial charge in [0.15, 0.2) is 0 Å². The second-order valence-electron chi connectivity index (χ2n) is 9.87. The Hall–Kier alpha value is -3.28. The summed E-state index contributed by atoms with van der Waals surface area (Å²) < 4.78 is 0. The number of unbranched alkanes of at least 4 members (excludes halogenated alkanes) is 1. The number of phenolic OH excluding ortho intramolecular Hbond substituents is 1. The Balaban J connectivity index is 2.18. The van der Waals surface area contributed by atoms with Crippen LogP contribution in [-0.4, -0.2) is 81.0 Å². The monoisotopic (exact) mass is 578 g/mol. The van der Waals surface area contributed by atoms with Gasteiger partial charge in [0.1, 0.15) is 23.9 Å². The summed E-state index contributed by atoms with van der Waals surface area (Å²) in [6.07, 6.45) is 3.55. The molecule has 1 aromatic rings. The van der Waals surface area contributed by atoms with Crippen molar-refractivity contribution in [2.75, 3.05) is 18.2 Å². The van der Waals surface area contributed by atoms with Gasteiger partial charge in [0.2, 0.25) is 23.6 Å². The van der Waals surface area contributed by atoms with Gasteiger partial charge in [-0.1, -0.05) is 38.8 Å². The summed E-state index contributed by atoms with van der Waals surface area (Å²) in [5.41, 5.74) is 0.685. The molecule has 0 aromatic heterocycles. The Bertz CT molecular complexity index is 1000. The Morgan fingerprint density at radius 3 is 2.38 bits per heavy atom. The van der Waals surface area contributed by atoms with Crippen LogP contribution in [0.5, 0.6) is 5.75 Å². The van der Waals surface area contributed by atoms with Crippen LogP contribution in [-0.2, 0) is 30.4 Å². The van der Waals surface area contributed by atoms with Crippen LogP contribution in [0.4, 0.5) is 0 Å².